The van der Waals surface area contributed by atoms with Crippen LogP contribution in [0.15, 0.2) is 42.5 Å². The summed E-state index contributed by atoms with van der Waals surface area (Å²) in [6.45, 7) is 0.647. The molecular weight excluding hydrogens is 250 g/mol. The second-order valence-electron chi connectivity index (χ2n) is 4.79. The molecule has 98 valence electrons. The van der Waals surface area contributed by atoms with Crippen LogP contribution in [0.5, 0.6) is 0 Å². The van der Waals surface area contributed by atoms with Gasteiger partial charge in [0.1, 0.15) is 0 Å². The Morgan fingerprint density at radius 1 is 1.25 bits per heavy atom. The van der Waals surface area contributed by atoms with Crippen LogP contribution in [0, 0.1) is 11.3 Å². The van der Waals surface area contributed by atoms with Crippen molar-refractivity contribution in [3.63, 3.8) is 0 Å². The number of hydrogen-bond acceptors (Lipinski definition) is 3. The largest absolute Gasteiger partial charge is 0.399 e. The van der Waals surface area contributed by atoms with Gasteiger partial charge in [-0.05, 0) is 48.4 Å². The van der Waals surface area contributed by atoms with E-state index in [0.717, 1.165) is 17.7 Å². The number of nitriles is 1. The van der Waals surface area contributed by atoms with Crippen LogP contribution >= 0.6 is 0 Å². The van der Waals surface area contributed by atoms with Gasteiger partial charge in [0.25, 0.3) is 5.91 Å². The highest BCUT2D eigenvalue weighted by molar-refractivity contribution is 6.07. The molecule has 20 heavy (non-hydrogen) atoms. The number of rotatable bonds is 1. The predicted molar refractivity (Wildman–Crippen MR) is 77.4 cm³/mol. The van der Waals surface area contributed by atoms with Crippen LogP contribution < -0.4 is 10.6 Å². The Morgan fingerprint density at radius 2 is 2.10 bits per heavy atom. The van der Waals surface area contributed by atoms with Crippen molar-refractivity contribution in [2.24, 2.45) is 0 Å². The van der Waals surface area contributed by atoms with Gasteiger partial charge in [-0.3, -0.25) is 4.79 Å². The van der Waals surface area contributed by atoms with E-state index in [2.05, 4.69) is 6.07 Å². The second kappa shape index (κ2) is 4.71. The van der Waals surface area contributed by atoms with Gasteiger partial charge in [0, 0.05) is 23.5 Å². The molecule has 0 fully saturated rings. The first kappa shape index (κ1) is 12.2. The summed E-state index contributed by atoms with van der Waals surface area (Å²) in [6, 6.07) is 14.4. The Kier molecular flexibility index (Phi) is 2.88. The summed E-state index contributed by atoms with van der Waals surface area (Å²) in [6.07, 6.45) is 0.810. The maximum Gasteiger partial charge on any atom is 0.258 e. The topological polar surface area (TPSA) is 70.1 Å². The Hall–Kier alpha value is -2.80. The molecule has 3 rings (SSSR count). The molecule has 0 saturated carbocycles. The number of hydrogen-bond donors (Lipinski definition) is 1. The van der Waals surface area contributed by atoms with Crippen LogP contribution in [-0.2, 0) is 6.42 Å². The number of fused-ring (bicyclic) bond motifs is 1. The lowest BCUT2D eigenvalue weighted by molar-refractivity contribution is 0.0989. The minimum absolute atomic E-state index is 0.0781. The zero-order valence-corrected chi connectivity index (χ0v) is 10.8. The van der Waals surface area contributed by atoms with Crippen molar-refractivity contribution in [3.8, 4) is 6.07 Å². The highest BCUT2D eigenvalue weighted by atomic mass is 16.2. The second-order valence-corrected chi connectivity index (χ2v) is 4.79. The quantitative estimate of drug-likeness (QED) is 0.803. The summed E-state index contributed by atoms with van der Waals surface area (Å²) in [5.41, 5.74) is 9.50. The molecule has 0 atom stereocenters. The maximum atomic E-state index is 12.5. The summed E-state index contributed by atoms with van der Waals surface area (Å²) in [4.78, 5) is 14.3. The lowest BCUT2D eigenvalue weighted by atomic mass is 10.1. The average Bonchev–Trinajstić information content (AvgIpc) is 2.89. The van der Waals surface area contributed by atoms with E-state index in [1.165, 1.54) is 0 Å². The van der Waals surface area contributed by atoms with Gasteiger partial charge in [-0.15, -0.1) is 0 Å². The van der Waals surface area contributed by atoms with Crippen molar-refractivity contribution in [1.82, 2.24) is 0 Å². The zero-order chi connectivity index (χ0) is 14.1. The molecule has 2 aromatic rings. The molecule has 1 heterocycles. The van der Waals surface area contributed by atoms with Crippen molar-refractivity contribution in [3.05, 3.63) is 59.2 Å². The van der Waals surface area contributed by atoms with Gasteiger partial charge in [-0.25, -0.2) is 0 Å². The summed E-state index contributed by atoms with van der Waals surface area (Å²) >= 11 is 0. The number of anilines is 2. The van der Waals surface area contributed by atoms with E-state index in [-0.39, 0.29) is 5.91 Å². The van der Waals surface area contributed by atoms with Gasteiger partial charge in [0.15, 0.2) is 0 Å². The van der Waals surface area contributed by atoms with E-state index in [9.17, 15) is 4.79 Å². The number of nitrogens with two attached hydrogens (primary N) is 1. The fourth-order valence-corrected chi connectivity index (χ4v) is 2.51. The molecular formula is C16H13N3O. The molecule has 2 N–H and O–H groups in total. The van der Waals surface area contributed by atoms with Crippen molar-refractivity contribution < 1.29 is 4.79 Å². The highest BCUT2D eigenvalue weighted by Gasteiger charge is 2.25. The molecule has 0 unspecified atom stereocenters. The molecule has 2 aromatic carbocycles. The van der Waals surface area contributed by atoms with Gasteiger partial charge in [0.05, 0.1) is 11.6 Å². The molecule has 4 nitrogen and oxygen atoms in total. The number of amides is 1. The standard InChI is InChI=1S/C16H13N3O/c17-10-11-2-1-3-13(8-11)16(20)19-7-6-12-9-14(18)4-5-15(12)19/h1-5,8-9H,6-7,18H2. The van der Waals surface area contributed by atoms with Crippen LogP contribution in [0.2, 0.25) is 0 Å². The monoisotopic (exact) mass is 263 g/mol. The first-order chi connectivity index (χ1) is 9.69. The van der Waals surface area contributed by atoms with Gasteiger partial charge >= 0.3 is 0 Å². The molecule has 0 aromatic heterocycles. The van der Waals surface area contributed by atoms with Crippen molar-refractivity contribution in [2.45, 2.75) is 6.42 Å². The molecule has 0 radical (unpaired) electrons. The summed E-state index contributed by atoms with van der Waals surface area (Å²) in [7, 11) is 0. The van der Waals surface area contributed by atoms with Crippen LogP contribution in [0.1, 0.15) is 21.5 Å². The first-order valence-electron chi connectivity index (χ1n) is 6.39. The number of nitrogen functional groups attached to an aromatic ring is 1. The van der Waals surface area contributed by atoms with E-state index in [1.54, 1.807) is 35.2 Å². The first-order valence-corrected chi connectivity index (χ1v) is 6.39. The third-order valence-electron chi connectivity index (χ3n) is 3.48. The molecule has 1 aliphatic heterocycles. The van der Waals surface area contributed by atoms with Gasteiger partial charge in [-0.1, -0.05) is 6.07 Å². The molecule has 0 bridgehead atoms. The lowest BCUT2D eigenvalue weighted by Gasteiger charge is -2.17. The molecule has 0 aliphatic carbocycles. The van der Waals surface area contributed by atoms with Crippen LogP contribution in [0.25, 0.3) is 0 Å². The van der Waals surface area contributed by atoms with Gasteiger partial charge in [-0.2, -0.15) is 5.26 Å². The average molecular weight is 263 g/mol. The lowest BCUT2D eigenvalue weighted by Crippen LogP contribution is -2.28. The van der Waals surface area contributed by atoms with Crippen LogP contribution in [0.3, 0.4) is 0 Å². The number of carbonyl (C=O) groups excluding carboxylic acids is 1. The number of carbonyl (C=O) groups is 1. The molecule has 4 heteroatoms. The minimum Gasteiger partial charge on any atom is -0.399 e. The zero-order valence-electron chi connectivity index (χ0n) is 10.8. The van der Waals surface area contributed by atoms with Crippen molar-refractivity contribution in [1.29, 1.82) is 5.26 Å². The number of nitrogens with zero attached hydrogens (tertiary/aromatic N) is 2. The Bertz CT molecular complexity index is 731. The third kappa shape index (κ3) is 1.99. The minimum atomic E-state index is -0.0781. The summed E-state index contributed by atoms with van der Waals surface area (Å²) in [5, 5.41) is 8.91. The Labute approximate surface area is 117 Å². The van der Waals surface area contributed by atoms with Gasteiger partial charge in [0.2, 0.25) is 0 Å². The fourth-order valence-electron chi connectivity index (χ4n) is 2.51. The maximum absolute atomic E-state index is 12.5. The predicted octanol–water partition coefficient (Wildman–Crippen LogP) is 2.34. The van der Waals surface area contributed by atoms with E-state index in [4.69, 9.17) is 11.0 Å². The molecule has 0 saturated heterocycles. The van der Waals surface area contributed by atoms with E-state index in [1.807, 2.05) is 12.1 Å². The van der Waals surface area contributed by atoms with Crippen LogP contribution in [0.4, 0.5) is 11.4 Å². The summed E-state index contributed by atoms with van der Waals surface area (Å²) < 4.78 is 0. The Morgan fingerprint density at radius 3 is 2.90 bits per heavy atom. The molecule has 1 aliphatic rings. The molecule has 1 amide bonds. The number of benzene rings is 2. The SMILES string of the molecule is N#Cc1cccc(C(=O)N2CCc3cc(N)ccc32)c1. The molecule has 0 spiro atoms. The van der Waals surface area contributed by atoms with E-state index < -0.39 is 0 Å². The van der Waals surface area contributed by atoms with Crippen molar-refractivity contribution in [2.75, 3.05) is 17.2 Å². The fraction of sp³-hybridized carbons (Fsp3) is 0.125. The van der Waals surface area contributed by atoms with Crippen LogP contribution in [-0.4, -0.2) is 12.5 Å². The van der Waals surface area contributed by atoms with Gasteiger partial charge < -0.3 is 10.6 Å². The normalized spacial score (nSPS) is 12.8. The van der Waals surface area contributed by atoms with E-state index in [0.29, 0.717) is 23.4 Å². The smallest absolute Gasteiger partial charge is 0.258 e. The van der Waals surface area contributed by atoms with E-state index >= 15 is 0 Å². The summed E-state index contributed by atoms with van der Waals surface area (Å²) in [5.74, 6) is -0.0781. The van der Waals surface area contributed by atoms with Crippen molar-refractivity contribution >= 4 is 17.3 Å². The Balaban J connectivity index is 1.96. The third-order valence-corrected chi connectivity index (χ3v) is 3.48. The highest BCUT2D eigenvalue weighted by Crippen LogP contribution is 2.30.